The molecule has 1 aromatic carbocycles. The van der Waals surface area contributed by atoms with Crippen LogP contribution in [0.15, 0.2) is 35.8 Å². The van der Waals surface area contributed by atoms with Gasteiger partial charge in [0.15, 0.2) is 9.84 Å². The number of nitrogens with one attached hydrogen (secondary N) is 1. The molecule has 2 amide bonds. The summed E-state index contributed by atoms with van der Waals surface area (Å²) in [7, 11) is -1.40. The van der Waals surface area contributed by atoms with Gasteiger partial charge in [0, 0.05) is 54.6 Å². The number of piperidine rings is 1. The van der Waals surface area contributed by atoms with Crippen molar-refractivity contribution in [2.45, 2.75) is 37.6 Å². The molecular formula is C24H28N4O4S2. The van der Waals surface area contributed by atoms with Gasteiger partial charge in [-0.05, 0) is 30.9 Å². The normalized spacial score (nSPS) is 20.6. The number of aromatic amines is 1. The largest absolute Gasteiger partial charge is 0.361 e. The molecule has 0 saturated carbocycles. The number of para-hydroxylation sites is 1. The van der Waals surface area contributed by atoms with Crippen LogP contribution in [0.25, 0.3) is 10.9 Å². The van der Waals surface area contributed by atoms with Crippen molar-refractivity contribution in [3.05, 3.63) is 52.1 Å². The van der Waals surface area contributed by atoms with Crippen LogP contribution < -0.4 is 0 Å². The molecule has 1 unspecified atom stereocenters. The number of amides is 2. The summed E-state index contributed by atoms with van der Waals surface area (Å²) in [5, 5.41) is 3.78. The third kappa shape index (κ3) is 4.61. The summed E-state index contributed by atoms with van der Waals surface area (Å²) < 4.78 is 23.5. The van der Waals surface area contributed by atoms with Crippen molar-refractivity contribution in [1.29, 1.82) is 0 Å². The Morgan fingerprint density at radius 2 is 1.97 bits per heavy atom. The molecule has 2 aliphatic rings. The Morgan fingerprint density at radius 1 is 1.21 bits per heavy atom. The number of aromatic nitrogens is 2. The molecule has 2 fully saturated rings. The third-order valence-electron chi connectivity index (χ3n) is 7.03. The van der Waals surface area contributed by atoms with Gasteiger partial charge in [-0.2, -0.15) is 0 Å². The Kier molecular flexibility index (Phi) is 6.20. The summed E-state index contributed by atoms with van der Waals surface area (Å²) in [6.07, 6.45) is 4.41. The minimum absolute atomic E-state index is 0.0251. The molecule has 2 aliphatic heterocycles. The number of hydrogen-bond donors (Lipinski definition) is 1. The SMILES string of the molecule is CN(C(=O)c1csc(C2CCN(C(=O)Cc3c[nH]c4ccccc34)CC2)n1)C1CCS(=O)(=O)C1. The van der Waals surface area contributed by atoms with E-state index in [1.165, 1.54) is 16.2 Å². The smallest absolute Gasteiger partial charge is 0.273 e. The van der Waals surface area contributed by atoms with E-state index in [0.717, 1.165) is 34.3 Å². The molecule has 1 N–H and O–H groups in total. The Labute approximate surface area is 202 Å². The zero-order chi connectivity index (χ0) is 23.9. The van der Waals surface area contributed by atoms with Gasteiger partial charge in [0.2, 0.25) is 5.91 Å². The standard InChI is InChI=1S/C24H28N4O4S2/c1-27(18-8-11-34(31,32)15-18)24(30)21-14-33-23(26-21)16-6-9-28(10-7-16)22(29)12-17-13-25-20-5-3-2-4-19(17)20/h2-5,13-14,16,18,25H,6-12,15H2,1H3. The highest BCUT2D eigenvalue weighted by Gasteiger charge is 2.34. The molecule has 180 valence electrons. The van der Waals surface area contributed by atoms with Crippen molar-refractivity contribution in [2.24, 2.45) is 0 Å². The topological polar surface area (TPSA) is 103 Å². The molecule has 3 aromatic rings. The highest BCUT2D eigenvalue weighted by atomic mass is 32.2. The van der Waals surface area contributed by atoms with E-state index in [4.69, 9.17) is 0 Å². The number of likely N-dealkylation sites (tertiary alicyclic amines) is 1. The molecule has 0 aliphatic carbocycles. The number of thiazole rings is 1. The average molecular weight is 501 g/mol. The number of fused-ring (bicyclic) bond motifs is 1. The summed E-state index contributed by atoms with van der Waals surface area (Å²) in [5.41, 5.74) is 2.44. The average Bonchev–Trinajstić information content (AvgIpc) is 3.57. The van der Waals surface area contributed by atoms with Gasteiger partial charge >= 0.3 is 0 Å². The zero-order valence-corrected chi connectivity index (χ0v) is 20.7. The quantitative estimate of drug-likeness (QED) is 0.580. The van der Waals surface area contributed by atoms with Crippen LogP contribution in [-0.4, -0.2) is 77.7 Å². The lowest BCUT2D eigenvalue weighted by atomic mass is 9.97. The van der Waals surface area contributed by atoms with Gasteiger partial charge in [0.1, 0.15) is 5.69 Å². The van der Waals surface area contributed by atoms with Gasteiger partial charge in [0.05, 0.1) is 22.9 Å². The molecule has 34 heavy (non-hydrogen) atoms. The van der Waals surface area contributed by atoms with Crippen LogP contribution in [0.4, 0.5) is 0 Å². The monoisotopic (exact) mass is 500 g/mol. The third-order valence-corrected chi connectivity index (χ3v) is 9.79. The van der Waals surface area contributed by atoms with Crippen LogP contribution in [0.3, 0.4) is 0 Å². The molecule has 2 saturated heterocycles. The second kappa shape index (κ2) is 9.14. The molecule has 2 aromatic heterocycles. The predicted octanol–water partition coefficient (Wildman–Crippen LogP) is 2.83. The van der Waals surface area contributed by atoms with E-state index in [1.807, 2.05) is 35.4 Å². The van der Waals surface area contributed by atoms with Crippen molar-refractivity contribution >= 4 is 43.9 Å². The van der Waals surface area contributed by atoms with E-state index in [1.54, 1.807) is 12.4 Å². The molecule has 8 nitrogen and oxygen atoms in total. The van der Waals surface area contributed by atoms with Crippen LogP contribution in [0.5, 0.6) is 0 Å². The van der Waals surface area contributed by atoms with Crippen molar-refractivity contribution in [1.82, 2.24) is 19.8 Å². The Bertz CT molecular complexity index is 1320. The van der Waals surface area contributed by atoms with Crippen molar-refractivity contribution in [2.75, 3.05) is 31.6 Å². The Morgan fingerprint density at radius 3 is 2.71 bits per heavy atom. The Balaban J connectivity index is 1.17. The second-order valence-electron chi connectivity index (χ2n) is 9.24. The number of rotatable bonds is 5. The fourth-order valence-electron chi connectivity index (χ4n) is 4.93. The first-order chi connectivity index (χ1) is 16.3. The first kappa shape index (κ1) is 23.0. The summed E-state index contributed by atoms with van der Waals surface area (Å²) in [4.78, 5) is 37.0. The first-order valence-electron chi connectivity index (χ1n) is 11.6. The van der Waals surface area contributed by atoms with Crippen LogP contribution in [0, 0.1) is 0 Å². The number of carbonyl (C=O) groups excluding carboxylic acids is 2. The highest BCUT2D eigenvalue weighted by Crippen LogP contribution is 2.31. The fraction of sp³-hybridized carbons (Fsp3) is 0.458. The van der Waals surface area contributed by atoms with Crippen molar-refractivity contribution in [3.8, 4) is 0 Å². The number of benzene rings is 1. The van der Waals surface area contributed by atoms with Crippen molar-refractivity contribution < 1.29 is 18.0 Å². The minimum Gasteiger partial charge on any atom is -0.361 e. The number of H-pyrrole nitrogens is 1. The molecule has 0 bridgehead atoms. The summed E-state index contributed by atoms with van der Waals surface area (Å²) in [5.74, 6) is 0.287. The number of hydrogen-bond acceptors (Lipinski definition) is 6. The molecule has 10 heteroatoms. The molecule has 5 rings (SSSR count). The highest BCUT2D eigenvalue weighted by molar-refractivity contribution is 7.91. The lowest BCUT2D eigenvalue weighted by Gasteiger charge is -2.31. The molecule has 0 radical (unpaired) electrons. The van der Waals surface area contributed by atoms with E-state index < -0.39 is 9.84 Å². The van der Waals surface area contributed by atoms with Gasteiger partial charge in [-0.3, -0.25) is 9.59 Å². The number of nitrogens with zero attached hydrogens (tertiary/aromatic N) is 3. The van der Waals surface area contributed by atoms with Gasteiger partial charge < -0.3 is 14.8 Å². The lowest BCUT2D eigenvalue weighted by molar-refractivity contribution is -0.131. The van der Waals surface area contributed by atoms with Gasteiger partial charge in [-0.15, -0.1) is 11.3 Å². The summed E-state index contributed by atoms with van der Waals surface area (Å²) in [6.45, 7) is 1.35. The van der Waals surface area contributed by atoms with E-state index in [-0.39, 0.29) is 35.3 Å². The van der Waals surface area contributed by atoms with Gasteiger partial charge in [0.25, 0.3) is 5.91 Å². The molecule has 4 heterocycles. The van der Waals surface area contributed by atoms with Crippen molar-refractivity contribution in [3.63, 3.8) is 0 Å². The maximum Gasteiger partial charge on any atom is 0.273 e. The maximum absolute atomic E-state index is 12.9. The van der Waals surface area contributed by atoms with E-state index in [2.05, 4.69) is 9.97 Å². The Hall–Kier alpha value is -2.72. The van der Waals surface area contributed by atoms with Gasteiger partial charge in [-0.1, -0.05) is 18.2 Å². The predicted molar refractivity (Wildman–Crippen MR) is 132 cm³/mol. The van der Waals surface area contributed by atoms with Crippen LogP contribution in [-0.2, 0) is 21.1 Å². The number of sulfone groups is 1. The number of carbonyl (C=O) groups is 2. The molecule has 1 atom stereocenters. The van der Waals surface area contributed by atoms with Crippen LogP contribution in [0.2, 0.25) is 0 Å². The summed E-state index contributed by atoms with van der Waals surface area (Å²) >= 11 is 1.47. The molecular weight excluding hydrogens is 472 g/mol. The van der Waals surface area contributed by atoms with E-state index in [9.17, 15) is 18.0 Å². The fourth-order valence-corrected chi connectivity index (χ4v) is 7.67. The van der Waals surface area contributed by atoms with Crippen LogP contribution >= 0.6 is 11.3 Å². The molecule has 0 spiro atoms. The summed E-state index contributed by atoms with van der Waals surface area (Å²) in [6, 6.07) is 7.72. The van der Waals surface area contributed by atoms with E-state index >= 15 is 0 Å². The maximum atomic E-state index is 12.9. The van der Waals surface area contributed by atoms with E-state index in [0.29, 0.717) is 31.6 Å². The zero-order valence-electron chi connectivity index (χ0n) is 19.1. The first-order valence-corrected chi connectivity index (χ1v) is 14.3. The van der Waals surface area contributed by atoms with Crippen LogP contribution in [0.1, 0.15) is 46.2 Å². The minimum atomic E-state index is -3.05. The second-order valence-corrected chi connectivity index (χ2v) is 12.4. The van der Waals surface area contributed by atoms with Gasteiger partial charge in [-0.25, -0.2) is 13.4 Å². The lowest BCUT2D eigenvalue weighted by Crippen LogP contribution is -2.39.